The molecule has 8 heteroatoms. The van der Waals surface area contributed by atoms with Crippen LogP contribution in [0.15, 0.2) is 48.5 Å². The minimum Gasteiger partial charge on any atom is -0.421 e. The van der Waals surface area contributed by atoms with Crippen LogP contribution in [0.3, 0.4) is 0 Å². The van der Waals surface area contributed by atoms with Gasteiger partial charge >= 0.3 is 5.97 Å². The highest BCUT2D eigenvalue weighted by Gasteiger charge is 2.32. The molecule has 1 aliphatic heterocycles. The normalized spacial score (nSPS) is 13.8. The highest BCUT2D eigenvalue weighted by atomic mass is 16.6. The van der Waals surface area contributed by atoms with Gasteiger partial charge in [-0.1, -0.05) is 12.1 Å². The molecule has 0 atom stereocenters. The van der Waals surface area contributed by atoms with E-state index in [9.17, 15) is 24.5 Å². The van der Waals surface area contributed by atoms with Crippen molar-refractivity contribution < 1.29 is 24.0 Å². The van der Waals surface area contributed by atoms with Crippen molar-refractivity contribution >= 4 is 29.2 Å². The van der Waals surface area contributed by atoms with Gasteiger partial charge < -0.3 is 4.74 Å². The molecule has 2 aromatic carbocycles. The molecule has 1 heterocycles. The number of para-hydroxylation sites is 2. The third kappa shape index (κ3) is 3.23. The summed E-state index contributed by atoms with van der Waals surface area (Å²) in [4.78, 5) is 47.1. The van der Waals surface area contributed by atoms with E-state index in [1.54, 1.807) is 12.1 Å². The van der Waals surface area contributed by atoms with E-state index in [2.05, 4.69) is 0 Å². The molecule has 2 amide bonds. The van der Waals surface area contributed by atoms with Crippen molar-refractivity contribution in [1.29, 1.82) is 0 Å². The fourth-order valence-electron chi connectivity index (χ4n) is 2.45. The lowest BCUT2D eigenvalue weighted by atomic mass is 10.2. The van der Waals surface area contributed by atoms with Gasteiger partial charge in [-0.25, -0.2) is 9.69 Å². The molecule has 0 bridgehead atoms. The zero-order valence-electron chi connectivity index (χ0n) is 12.9. The molecular formula is C17H12N2O6. The molecule has 126 valence electrons. The number of hydrogen-bond acceptors (Lipinski definition) is 6. The van der Waals surface area contributed by atoms with Gasteiger partial charge in [0, 0.05) is 25.0 Å². The second kappa shape index (κ2) is 6.52. The summed E-state index contributed by atoms with van der Waals surface area (Å²) in [5, 5.41) is 10.6. The van der Waals surface area contributed by atoms with Crippen LogP contribution in [-0.2, 0) is 9.59 Å². The van der Waals surface area contributed by atoms with Crippen molar-refractivity contribution in [1.82, 2.24) is 0 Å². The Labute approximate surface area is 141 Å². The predicted molar refractivity (Wildman–Crippen MR) is 86.2 cm³/mol. The van der Waals surface area contributed by atoms with Crippen LogP contribution in [0.1, 0.15) is 23.2 Å². The summed E-state index contributed by atoms with van der Waals surface area (Å²) < 4.78 is 5.29. The molecule has 2 aromatic rings. The van der Waals surface area contributed by atoms with Crippen LogP contribution in [0, 0.1) is 10.1 Å². The number of nitro groups is 1. The van der Waals surface area contributed by atoms with Gasteiger partial charge in [0.05, 0.1) is 16.2 Å². The number of carbonyl (C=O) groups excluding carboxylic acids is 3. The van der Waals surface area contributed by atoms with Crippen molar-refractivity contribution in [2.75, 3.05) is 4.90 Å². The van der Waals surface area contributed by atoms with Crippen LogP contribution in [0.5, 0.6) is 5.75 Å². The Bertz CT molecular complexity index is 859. The number of benzene rings is 2. The van der Waals surface area contributed by atoms with Crippen LogP contribution >= 0.6 is 0 Å². The summed E-state index contributed by atoms with van der Waals surface area (Å²) in [6, 6.07) is 11.1. The van der Waals surface area contributed by atoms with Gasteiger partial charge in [0.25, 0.3) is 5.69 Å². The topological polar surface area (TPSA) is 107 Å². The van der Waals surface area contributed by atoms with E-state index in [-0.39, 0.29) is 47.3 Å². The number of hydrogen-bond donors (Lipinski definition) is 0. The van der Waals surface area contributed by atoms with E-state index >= 15 is 0 Å². The number of amides is 2. The minimum absolute atomic E-state index is 0.0643. The maximum Gasteiger partial charge on any atom is 0.343 e. The molecule has 0 N–H and O–H groups in total. The summed E-state index contributed by atoms with van der Waals surface area (Å²) in [5.74, 6) is -1.40. The molecule has 3 rings (SSSR count). The average Bonchev–Trinajstić information content (AvgIpc) is 2.94. The largest absolute Gasteiger partial charge is 0.421 e. The standard InChI is InChI=1S/C17H12N2O6/c20-15-9-10-16(21)18(15)13-3-1-2-4-14(13)25-17(22)11-5-7-12(8-6-11)19(23)24/h1-8H,9-10H2. The van der Waals surface area contributed by atoms with Gasteiger partial charge in [-0.3, -0.25) is 19.7 Å². The third-order valence-corrected chi connectivity index (χ3v) is 3.67. The average molecular weight is 340 g/mol. The first-order chi connectivity index (χ1) is 12.0. The lowest BCUT2D eigenvalue weighted by molar-refractivity contribution is -0.384. The van der Waals surface area contributed by atoms with Gasteiger partial charge in [0.1, 0.15) is 0 Å². The number of esters is 1. The van der Waals surface area contributed by atoms with E-state index in [0.717, 1.165) is 4.90 Å². The Hall–Kier alpha value is -3.55. The van der Waals surface area contributed by atoms with Gasteiger partial charge in [-0.2, -0.15) is 0 Å². The second-order valence-electron chi connectivity index (χ2n) is 5.28. The molecule has 0 aromatic heterocycles. The second-order valence-corrected chi connectivity index (χ2v) is 5.28. The van der Waals surface area contributed by atoms with Crippen LogP contribution in [0.2, 0.25) is 0 Å². The van der Waals surface area contributed by atoms with E-state index < -0.39 is 10.9 Å². The molecule has 1 aliphatic rings. The summed E-state index contributed by atoms with van der Waals surface area (Å²) in [6.45, 7) is 0. The lowest BCUT2D eigenvalue weighted by Gasteiger charge is -2.17. The molecule has 0 spiro atoms. The van der Waals surface area contributed by atoms with Crippen molar-refractivity contribution in [3.63, 3.8) is 0 Å². The monoisotopic (exact) mass is 340 g/mol. The first kappa shape index (κ1) is 16.3. The van der Waals surface area contributed by atoms with Crippen molar-refractivity contribution in [2.45, 2.75) is 12.8 Å². The van der Waals surface area contributed by atoms with E-state index in [1.165, 1.54) is 36.4 Å². The molecule has 0 saturated carbocycles. The fourth-order valence-corrected chi connectivity index (χ4v) is 2.45. The van der Waals surface area contributed by atoms with Gasteiger partial charge in [0.2, 0.25) is 11.8 Å². The maximum absolute atomic E-state index is 12.2. The zero-order chi connectivity index (χ0) is 18.0. The molecule has 1 saturated heterocycles. The summed E-state index contributed by atoms with van der Waals surface area (Å²) in [5.41, 5.74) is 0.162. The third-order valence-electron chi connectivity index (χ3n) is 3.67. The highest BCUT2D eigenvalue weighted by Crippen LogP contribution is 2.32. The zero-order valence-corrected chi connectivity index (χ0v) is 12.9. The van der Waals surface area contributed by atoms with E-state index in [4.69, 9.17) is 4.74 Å². The Kier molecular flexibility index (Phi) is 4.25. The predicted octanol–water partition coefficient (Wildman–Crippen LogP) is 2.47. The molecule has 8 nitrogen and oxygen atoms in total. The summed E-state index contributed by atoms with van der Waals surface area (Å²) >= 11 is 0. The maximum atomic E-state index is 12.2. The number of non-ortho nitro benzene ring substituents is 1. The van der Waals surface area contributed by atoms with Gasteiger partial charge in [0.15, 0.2) is 5.75 Å². The number of ether oxygens (including phenoxy) is 1. The number of imide groups is 1. The van der Waals surface area contributed by atoms with Crippen LogP contribution in [0.4, 0.5) is 11.4 Å². The Balaban J connectivity index is 1.86. The van der Waals surface area contributed by atoms with Crippen LogP contribution < -0.4 is 9.64 Å². The Morgan fingerprint density at radius 1 is 1.00 bits per heavy atom. The van der Waals surface area contributed by atoms with Crippen molar-refractivity contribution in [3.8, 4) is 5.75 Å². The summed E-state index contributed by atoms with van der Waals surface area (Å²) in [7, 11) is 0. The summed E-state index contributed by atoms with van der Waals surface area (Å²) in [6.07, 6.45) is 0.229. The van der Waals surface area contributed by atoms with Crippen molar-refractivity contribution in [2.24, 2.45) is 0 Å². The Morgan fingerprint density at radius 3 is 2.20 bits per heavy atom. The molecule has 25 heavy (non-hydrogen) atoms. The van der Waals surface area contributed by atoms with Gasteiger partial charge in [-0.15, -0.1) is 0 Å². The SMILES string of the molecule is O=C(Oc1ccccc1N1C(=O)CCC1=O)c1ccc([N+](=O)[O-])cc1. The minimum atomic E-state index is -0.749. The van der Waals surface area contributed by atoms with Crippen LogP contribution in [0.25, 0.3) is 0 Å². The molecule has 0 aliphatic carbocycles. The molecule has 1 fully saturated rings. The smallest absolute Gasteiger partial charge is 0.343 e. The molecule has 0 unspecified atom stereocenters. The number of rotatable bonds is 4. The Morgan fingerprint density at radius 2 is 1.60 bits per heavy atom. The molecular weight excluding hydrogens is 328 g/mol. The lowest BCUT2D eigenvalue weighted by Crippen LogP contribution is -2.29. The number of nitro benzene ring substituents is 1. The number of carbonyl (C=O) groups is 3. The number of nitrogens with zero attached hydrogens (tertiary/aromatic N) is 2. The van der Waals surface area contributed by atoms with Crippen LogP contribution in [-0.4, -0.2) is 22.7 Å². The van der Waals surface area contributed by atoms with E-state index in [0.29, 0.717) is 0 Å². The first-order valence-electron chi connectivity index (χ1n) is 7.39. The fraction of sp³-hybridized carbons (Fsp3) is 0.118. The quantitative estimate of drug-likeness (QED) is 0.278. The first-order valence-corrected chi connectivity index (χ1v) is 7.39. The molecule has 0 radical (unpaired) electrons. The van der Waals surface area contributed by atoms with E-state index in [1.807, 2.05) is 0 Å². The van der Waals surface area contributed by atoms with Crippen molar-refractivity contribution in [3.05, 3.63) is 64.2 Å². The van der Waals surface area contributed by atoms with Gasteiger partial charge in [-0.05, 0) is 24.3 Å². The number of anilines is 1. The highest BCUT2D eigenvalue weighted by molar-refractivity contribution is 6.20.